The third-order valence-corrected chi connectivity index (χ3v) is 4.24. The van der Waals surface area contributed by atoms with Gasteiger partial charge in [0, 0.05) is 24.5 Å². The lowest BCUT2D eigenvalue weighted by Gasteiger charge is -2.15. The lowest BCUT2D eigenvalue weighted by atomic mass is 10.1. The van der Waals surface area contributed by atoms with Gasteiger partial charge in [-0.15, -0.1) is 0 Å². The molecule has 2 aromatic rings. The first-order valence-corrected chi connectivity index (χ1v) is 9.25. The van der Waals surface area contributed by atoms with Crippen molar-refractivity contribution in [2.75, 3.05) is 6.54 Å². The summed E-state index contributed by atoms with van der Waals surface area (Å²) in [6, 6.07) is 4.41. The van der Waals surface area contributed by atoms with Crippen LogP contribution in [-0.4, -0.2) is 34.1 Å². The number of nitrogens with zero attached hydrogens (tertiary/aromatic N) is 1. The van der Waals surface area contributed by atoms with Crippen molar-refractivity contribution >= 4 is 11.9 Å². The molecule has 160 valence electrons. The number of hydrogen-bond acceptors (Lipinski definition) is 4. The van der Waals surface area contributed by atoms with Crippen molar-refractivity contribution in [2.24, 2.45) is 0 Å². The summed E-state index contributed by atoms with van der Waals surface area (Å²) in [5, 5.41) is 14.7. The Morgan fingerprint density at radius 2 is 1.90 bits per heavy atom. The van der Waals surface area contributed by atoms with Gasteiger partial charge in [0.15, 0.2) is 0 Å². The Bertz CT molecular complexity index is 984. The van der Waals surface area contributed by atoms with Crippen LogP contribution in [0.5, 0.6) is 0 Å². The molecule has 0 spiro atoms. The molecule has 0 fully saturated rings. The minimum Gasteiger partial charge on any atom is -0.480 e. The van der Waals surface area contributed by atoms with Gasteiger partial charge in [-0.25, -0.2) is 13.6 Å². The molecule has 0 saturated heterocycles. The summed E-state index contributed by atoms with van der Waals surface area (Å²) >= 11 is 0. The first-order chi connectivity index (χ1) is 14.2. The molecule has 3 N–H and O–H groups in total. The second-order valence-corrected chi connectivity index (χ2v) is 6.85. The van der Waals surface area contributed by atoms with E-state index >= 15 is 0 Å². The van der Waals surface area contributed by atoms with E-state index in [9.17, 15) is 28.3 Å². The Kier molecular flexibility index (Phi) is 7.85. The zero-order valence-corrected chi connectivity index (χ0v) is 16.5. The molecular weight excluding hydrogens is 396 g/mol. The zero-order chi connectivity index (χ0) is 22.3. The van der Waals surface area contributed by atoms with Gasteiger partial charge in [0.25, 0.3) is 11.5 Å². The number of benzene rings is 1. The van der Waals surface area contributed by atoms with E-state index in [1.807, 2.05) is 0 Å². The highest BCUT2D eigenvalue weighted by molar-refractivity contribution is 5.96. The predicted molar refractivity (Wildman–Crippen MR) is 107 cm³/mol. The van der Waals surface area contributed by atoms with Crippen molar-refractivity contribution in [2.45, 2.75) is 32.4 Å². The number of halogens is 2. The number of aliphatic carboxylic acids is 1. The third-order valence-electron chi connectivity index (χ3n) is 4.24. The van der Waals surface area contributed by atoms with E-state index in [4.69, 9.17) is 0 Å². The van der Waals surface area contributed by atoms with Gasteiger partial charge in [-0.1, -0.05) is 6.58 Å². The van der Waals surface area contributed by atoms with Crippen molar-refractivity contribution in [3.05, 3.63) is 81.9 Å². The number of carbonyl (C=O) groups excluding carboxylic acids is 1. The topological polar surface area (TPSA) is 100 Å². The maximum Gasteiger partial charge on any atom is 0.326 e. The number of nitrogens with one attached hydrogen (secondary N) is 2. The van der Waals surface area contributed by atoms with E-state index in [2.05, 4.69) is 17.2 Å². The summed E-state index contributed by atoms with van der Waals surface area (Å²) in [4.78, 5) is 36.6. The van der Waals surface area contributed by atoms with Crippen molar-refractivity contribution < 1.29 is 23.5 Å². The lowest BCUT2D eigenvalue weighted by molar-refractivity contribution is -0.139. The molecule has 0 bridgehead atoms. The number of carbonyl (C=O) groups is 2. The maximum absolute atomic E-state index is 13.4. The van der Waals surface area contributed by atoms with Gasteiger partial charge in [-0.2, -0.15) is 0 Å². The van der Waals surface area contributed by atoms with Crippen molar-refractivity contribution in [3.63, 3.8) is 0 Å². The van der Waals surface area contributed by atoms with E-state index in [1.54, 1.807) is 6.92 Å². The molecule has 1 unspecified atom stereocenters. The molecule has 0 radical (unpaired) electrons. The Labute approximate surface area is 172 Å². The van der Waals surface area contributed by atoms with Gasteiger partial charge in [-0.05, 0) is 49.6 Å². The summed E-state index contributed by atoms with van der Waals surface area (Å²) in [7, 11) is 0. The standard InChI is InChI=1S/C21H23F2N3O4/c1-13(2)24-7-3-6-18(21(29)30)25-19(27)17-5-4-8-26(20(17)28)12-14-9-15(22)11-16(23)10-14/h4-5,8-11,18,24H,1,3,6-7,12H2,2H3,(H,25,27)(H,29,30). The quantitative estimate of drug-likeness (QED) is 0.513. The van der Waals surface area contributed by atoms with Crippen LogP contribution in [0.25, 0.3) is 0 Å². The van der Waals surface area contributed by atoms with Crippen LogP contribution in [0.1, 0.15) is 35.7 Å². The maximum atomic E-state index is 13.4. The minimum absolute atomic E-state index is 0.149. The first kappa shape index (κ1) is 22.8. The van der Waals surface area contributed by atoms with E-state index in [0.29, 0.717) is 19.0 Å². The highest BCUT2D eigenvalue weighted by Gasteiger charge is 2.22. The predicted octanol–water partition coefficient (Wildman–Crippen LogP) is 2.26. The van der Waals surface area contributed by atoms with Gasteiger partial charge in [0.05, 0.1) is 6.54 Å². The number of amides is 1. The van der Waals surface area contributed by atoms with Crippen LogP contribution < -0.4 is 16.2 Å². The van der Waals surface area contributed by atoms with Crippen LogP contribution in [0.2, 0.25) is 0 Å². The highest BCUT2D eigenvalue weighted by Crippen LogP contribution is 2.09. The highest BCUT2D eigenvalue weighted by atomic mass is 19.1. The summed E-state index contributed by atoms with van der Waals surface area (Å²) < 4.78 is 27.9. The molecule has 7 nitrogen and oxygen atoms in total. The monoisotopic (exact) mass is 419 g/mol. The Hall–Kier alpha value is -3.49. The molecule has 30 heavy (non-hydrogen) atoms. The van der Waals surface area contributed by atoms with Gasteiger partial charge >= 0.3 is 5.97 Å². The molecule has 0 aliphatic carbocycles. The fourth-order valence-electron chi connectivity index (χ4n) is 2.83. The fraction of sp³-hybridized carbons (Fsp3) is 0.286. The summed E-state index contributed by atoms with van der Waals surface area (Å²) in [5.74, 6) is -3.61. The number of pyridine rings is 1. The Morgan fingerprint density at radius 3 is 2.50 bits per heavy atom. The molecule has 0 saturated carbocycles. The van der Waals surface area contributed by atoms with Crippen molar-refractivity contribution in [3.8, 4) is 0 Å². The van der Waals surface area contributed by atoms with E-state index in [1.165, 1.54) is 18.3 Å². The summed E-state index contributed by atoms with van der Waals surface area (Å²) in [6.45, 7) is 5.80. The second-order valence-electron chi connectivity index (χ2n) is 6.85. The van der Waals surface area contributed by atoms with Crippen molar-refractivity contribution in [1.82, 2.24) is 15.2 Å². The van der Waals surface area contributed by atoms with E-state index in [0.717, 1.165) is 22.4 Å². The average molecular weight is 419 g/mol. The normalized spacial score (nSPS) is 11.6. The molecule has 1 aromatic heterocycles. The zero-order valence-electron chi connectivity index (χ0n) is 16.5. The molecule has 2 rings (SSSR count). The molecule has 1 amide bonds. The Balaban J connectivity index is 2.13. The number of carboxylic acids is 1. The molecule has 0 aliphatic rings. The molecular formula is C21H23F2N3O4. The summed E-state index contributed by atoms with van der Waals surface area (Å²) in [5.41, 5.74) is -0.0112. The molecule has 9 heteroatoms. The van der Waals surface area contributed by atoms with Crippen LogP contribution in [0, 0.1) is 11.6 Å². The van der Waals surface area contributed by atoms with Crippen LogP contribution in [0.3, 0.4) is 0 Å². The van der Waals surface area contributed by atoms with Crippen molar-refractivity contribution in [1.29, 1.82) is 0 Å². The average Bonchev–Trinajstić information content (AvgIpc) is 2.64. The SMILES string of the molecule is C=C(C)NCCCC(NC(=O)c1cccn(Cc2cc(F)cc(F)c2)c1=O)C(=O)O. The van der Waals surface area contributed by atoms with Crippen LogP contribution in [-0.2, 0) is 11.3 Å². The number of aromatic nitrogens is 1. The number of rotatable bonds is 10. The van der Waals surface area contributed by atoms with E-state index < -0.39 is 35.1 Å². The van der Waals surface area contributed by atoms with Gasteiger partial charge in [0.1, 0.15) is 23.2 Å². The van der Waals surface area contributed by atoms with Crippen LogP contribution >= 0.6 is 0 Å². The number of carboxylic acid groups (broad SMARTS) is 1. The molecule has 0 aliphatic heterocycles. The van der Waals surface area contributed by atoms with Gasteiger partial charge in [-0.3, -0.25) is 9.59 Å². The minimum atomic E-state index is -1.22. The molecule has 1 atom stereocenters. The second kappa shape index (κ2) is 10.3. The number of allylic oxidation sites excluding steroid dienone is 1. The largest absolute Gasteiger partial charge is 0.480 e. The Morgan fingerprint density at radius 1 is 1.23 bits per heavy atom. The van der Waals surface area contributed by atoms with Crippen LogP contribution in [0.15, 0.2) is 53.6 Å². The van der Waals surface area contributed by atoms with Gasteiger partial charge < -0.3 is 20.3 Å². The van der Waals surface area contributed by atoms with Crippen LogP contribution in [0.4, 0.5) is 8.78 Å². The van der Waals surface area contributed by atoms with Gasteiger partial charge in [0.2, 0.25) is 0 Å². The third kappa shape index (κ3) is 6.54. The summed E-state index contributed by atoms with van der Waals surface area (Å²) in [6.07, 6.45) is 2.00. The molecule has 1 aromatic carbocycles. The molecule has 1 heterocycles. The lowest BCUT2D eigenvalue weighted by Crippen LogP contribution is -2.43. The number of hydrogen-bond donors (Lipinski definition) is 3. The smallest absolute Gasteiger partial charge is 0.326 e. The van der Waals surface area contributed by atoms with E-state index in [-0.39, 0.29) is 24.1 Å². The first-order valence-electron chi connectivity index (χ1n) is 9.25. The fourth-order valence-corrected chi connectivity index (χ4v) is 2.83.